The normalized spacial score (nSPS) is 12.5. The quantitative estimate of drug-likeness (QED) is 0.720. The van der Waals surface area contributed by atoms with Gasteiger partial charge in [0.05, 0.1) is 11.2 Å². The first-order chi connectivity index (χ1) is 11.1. The second kappa shape index (κ2) is 6.39. The number of aryl methyl sites for hydroxylation is 1. The molecule has 3 rings (SSSR count). The Hall–Kier alpha value is -2.39. The predicted molar refractivity (Wildman–Crippen MR) is 94.5 cm³/mol. The van der Waals surface area contributed by atoms with Crippen molar-refractivity contribution in [2.75, 3.05) is 0 Å². The zero-order valence-electron chi connectivity index (χ0n) is 13.7. The average Bonchev–Trinajstić information content (AvgIpc) is 2.81. The van der Waals surface area contributed by atoms with Gasteiger partial charge in [0.15, 0.2) is 0 Å². The molecule has 2 heterocycles. The number of hydrogen-bond acceptors (Lipinski definition) is 2. The number of benzene rings is 1. The van der Waals surface area contributed by atoms with Gasteiger partial charge < -0.3 is 9.67 Å². The van der Waals surface area contributed by atoms with Crippen LogP contribution in [-0.2, 0) is 13.0 Å². The molecule has 23 heavy (non-hydrogen) atoms. The number of hydrogen-bond donors (Lipinski definition) is 1. The summed E-state index contributed by atoms with van der Waals surface area (Å²) in [6, 6.07) is 12.0. The van der Waals surface area contributed by atoms with E-state index < -0.39 is 6.10 Å². The first kappa shape index (κ1) is 15.5. The van der Waals surface area contributed by atoms with E-state index in [1.165, 1.54) is 11.3 Å². The molecule has 118 valence electrons. The summed E-state index contributed by atoms with van der Waals surface area (Å²) in [6.07, 6.45) is 3.60. The van der Waals surface area contributed by atoms with E-state index >= 15 is 0 Å². The van der Waals surface area contributed by atoms with Crippen LogP contribution < -0.4 is 0 Å². The Labute approximate surface area is 136 Å². The van der Waals surface area contributed by atoms with Crippen LogP contribution in [0.3, 0.4) is 0 Å². The summed E-state index contributed by atoms with van der Waals surface area (Å²) in [4.78, 5) is 4.50. The van der Waals surface area contributed by atoms with Gasteiger partial charge in [0.2, 0.25) is 0 Å². The van der Waals surface area contributed by atoms with Crippen LogP contribution in [0.25, 0.3) is 10.9 Å². The van der Waals surface area contributed by atoms with E-state index in [0.29, 0.717) is 13.0 Å². The lowest BCUT2D eigenvalue weighted by atomic mass is 10.0. The van der Waals surface area contributed by atoms with Gasteiger partial charge in [0, 0.05) is 30.2 Å². The summed E-state index contributed by atoms with van der Waals surface area (Å²) in [5.41, 5.74) is 5.29. The van der Waals surface area contributed by atoms with Gasteiger partial charge in [-0.2, -0.15) is 0 Å². The Bertz CT molecular complexity index is 834. The van der Waals surface area contributed by atoms with Crippen molar-refractivity contribution >= 4 is 10.9 Å². The standard InChI is InChI=1S/C20H22N2O/c1-4-12-22-15(3)14(2)17-10-11-21-19(20(17)22)18(23)13-16-8-6-5-7-9-16/h4-11,18,23H,1,12-13H2,2-3H3. The second-order valence-electron chi connectivity index (χ2n) is 5.91. The van der Waals surface area contributed by atoms with Crippen molar-refractivity contribution < 1.29 is 5.11 Å². The molecule has 0 aliphatic rings. The second-order valence-corrected chi connectivity index (χ2v) is 5.91. The maximum absolute atomic E-state index is 10.8. The van der Waals surface area contributed by atoms with Crippen molar-refractivity contribution in [3.63, 3.8) is 0 Å². The molecule has 0 fully saturated rings. The van der Waals surface area contributed by atoms with Crippen LogP contribution in [0.5, 0.6) is 0 Å². The van der Waals surface area contributed by atoms with Gasteiger partial charge in [-0.25, -0.2) is 0 Å². The Balaban J connectivity index is 2.10. The third kappa shape index (κ3) is 2.80. The smallest absolute Gasteiger partial charge is 0.102 e. The molecule has 1 aromatic carbocycles. The highest BCUT2D eigenvalue weighted by Gasteiger charge is 2.19. The van der Waals surface area contributed by atoms with Crippen LogP contribution in [0.4, 0.5) is 0 Å². The van der Waals surface area contributed by atoms with Crippen molar-refractivity contribution in [1.82, 2.24) is 9.55 Å². The van der Waals surface area contributed by atoms with E-state index in [9.17, 15) is 5.11 Å². The van der Waals surface area contributed by atoms with E-state index in [2.05, 4.69) is 30.0 Å². The predicted octanol–water partition coefficient (Wildman–Crippen LogP) is 4.12. The van der Waals surface area contributed by atoms with Crippen LogP contribution in [0, 0.1) is 13.8 Å². The third-order valence-electron chi connectivity index (χ3n) is 4.47. The summed E-state index contributed by atoms with van der Waals surface area (Å²) >= 11 is 0. The monoisotopic (exact) mass is 306 g/mol. The number of rotatable bonds is 5. The van der Waals surface area contributed by atoms with Gasteiger partial charge in [0.1, 0.15) is 6.10 Å². The highest BCUT2D eigenvalue weighted by atomic mass is 16.3. The van der Waals surface area contributed by atoms with Crippen molar-refractivity contribution in [1.29, 1.82) is 0 Å². The molecular weight excluding hydrogens is 284 g/mol. The Morgan fingerprint density at radius 3 is 2.65 bits per heavy atom. The lowest BCUT2D eigenvalue weighted by molar-refractivity contribution is 0.175. The van der Waals surface area contributed by atoms with E-state index in [4.69, 9.17) is 0 Å². The molecule has 1 unspecified atom stereocenters. The molecule has 1 N–H and O–H groups in total. The first-order valence-corrected chi connectivity index (χ1v) is 7.90. The van der Waals surface area contributed by atoms with E-state index in [0.717, 1.165) is 22.2 Å². The fourth-order valence-corrected chi connectivity index (χ4v) is 3.16. The minimum absolute atomic E-state index is 0.560. The maximum atomic E-state index is 10.8. The average molecular weight is 306 g/mol. The van der Waals surface area contributed by atoms with Gasteiger partial charge in [-0.15, -0.1) is 6.58 Å². The summed E-state index contributed by atoms with van der Waals surface area (Å²) in [7, 11) is 0. The zero-order chi connectivity index (χ0) is 16.4. The van der Waals surface area contributed by atoms with Crippen molar-refractivity contribution in [2.24, 2.45) is 0 Å². The highest BCUT2D eigenvalue weighted by molar-refractivity contribution is 5.87. The number of nitrogens with zero attached hydrogens (tertiary/aromatic N) is 2. The zero-order valence-corrected chi connectivity index (χ0v) is 13.7. The number of aliphatic hydroxyl groups excluding tert-OH is 1. The number of allylic oxidation sites excluding steroid dienone is 1. The van der Waals surface area contributed by atoms with Crippen molar-refractivity contribution in [3.8, 4) is 0 Å². The Morgan fingerprint density at radius 1 is 1.22 bits per heavy atom. The van der Waals surface area contributed by atoms with Gasteiger partial charge in [-0.3, -0.25) is 4.98 Å². The molecule has 0 saturated heterocycles. The van der Waals surface area contributed by atoms with Gasteiger partial charge in [-0.05, 0) is 31.0 Å². The minimum Gasteiger partial charge on any atom is -0.386 e. The first-order valence-electron chi connectivity index (χ1n) is 7.90. The molecule has 3 nitrogen and oxygen atoms in total. The van der Waals surface area contributed by atoms with Crippen LogP contribution in [0.2, 0.25) is 0 Å². The van der Waals surface area contributed by atoms with Gasteiger partial charge >= 0.3 is 0 Å². The molecular formula is C20H22N2O. The Kier molecular flexibility index (Phi) is 4.30. The van der Waals surface area contributed by atoms with E-state index in [1.807, 2.05) is 42.5 Å². The van der Waals surface area contributed by atoms with Gasteiger partial charge in [-0.1, -0.05) is 36.4 Å². The number of fused-ring (bicyclic) bond motifs is 1. The largest absolute Gasteiger partial charge is 0.386 e. The SMILES string of the molecule is C=CCn1c(C)c(C)c2ccnc(C(O)Cc3ccccc3)c21. The minimum atomic E-state index is -0.627. The van der Waals surface area contributed by atoms with E-state index in [-0.39, 0.29) is 0 Å². The lowest BCUT2D eigenvalue weighted by Gasteiger charge is -2.14. The molecule has 3 heteroatoms. The molecule has 3 aromatic rings. The molecule has 0 spiro atoms. The fraction of sp³-hybridized carbons (Fsp3) is 0.250. The van der Waals surface area contributed by atoms with Crippen molar-refractivity contribution in [3.05, 3.63) is 77.8 Å². The van der Waals surface area contributed by atoms with E-state index in [1.54, 1.807) is 6.20 Å². The molecule has 0 saturated carbocycles. The van der Waals surface area contributed by atoms with Crippen LogP contribution in [0.1, 0.15) is 28.6 Å². The van der Waals surface area contributed by atoms with Crippen molar-refractivity contribution in [2.45, 2.75) is 32.9 Å². The summed E-state index contributed by atoms with van der Waals surface area (Å²) < 4.78 is 2.19. The highest BCUT2D eigenvalue weighted by Crippen LogP contribution is 2.31. The number of pyridine rings is 1. The third-order valence-corrected chi connectivity index (χ3v) is 4.47. The molecule has 1 atom stereocenters. The van der Waals surface area contributed by atoms with Gasteiger partial charge in [0.25, 0.3) is 0 Å². The van der Waals surface area contributed by atoms with Crippen LogP contribution >= 0.6 is 0 Å². The fourth-order valence-electron chi connectivity index (χ4n) is 3.16. The molecule has 0 bridgehead atoms. The molecule has 2 aromatic heterocycles. The lowest BCUT2D eigenvalue weighted by Crippen LogP contribution is -2.08. The number of aliphatic hydroxyl groups is 1. The maximum Gasteiger partial charge on any atom is 0.102 e. The summed E-state index contributed by atoms with van der Waals surface area (Å²) in [5, 5.41) is 11.9. The summed E-state index contributed by atoms with van der Waals surface area (Å²) in [5.74, 6) is 0. The number of aromatic nitrogens is 2. The molecule has 0 aliphatic carbocycles. The molecule has 0 aliphatic heterocycles. The van der Waals surface area contributed by atoms with Crippen LogP contribution in [0.15, 0.2) is 55.3 Å². The molecule has 0 radical (unpaired) electrons. The van der Waals surface area contributed by atoms with Crippen LogP contribution in [-0.4, -0.2) is 14.7 Å². The topological polar surface area (TPSA) is 38.0 Å². The summed E-state index contributed by atoms with van der Waals surface area (Å²) in [6.45, 7) is 8.79. The Morgan fingerprint density at radius 2 is 1.96 bits per heavy atom. The molecule has 0 amide bonds.